The minimum atomic E-state index is -0.395. The van der Waals surface area contributed by atoms with E-state index in [0.29, 0.717) is 17.5 Å². The molecule has 2 fully saturated rings. The van der Waals surface area contributed by atoms with Gasteiger partial charge in [-0.15, -0.1) is 0 Å². The number of rotatable bonds is 2. The van der Waals surface area contributed by atoms with Crippen LogP contribution in [0.1, 0.15) is 47.5 Å². The fraction of sp³-hybridized carbons (Fsp3) is 0.929. The van der Waals surface area contributed by atoms with Crippen LogP contribution in [-0.4, -0.2) is 41.8 Å². The van der Waals surface area contributed by atoms with Crippen LogP contribution < -0.4 is 5.32 Å². The Labute approximate surface area is 110 Å². The molecule has 18 heavy (non-hydrogen) atoms. The maximum Gasteiger partial charge on any atom is 0.410 e. The summed E-state index contributed by atoms with van der Waals surface area (Å²) in [5.41, 5.74) is 0.111. The zero-order chi connectivity index (χ0) is 13.6. The number of hydrogen-bond donors (Lipinski definition) is 1. The first-order chi connectivity index (χ1) is 8.15. The molecule has 1 saturated carbocycles. The van der Waals surface area contributed by atoms with Crippen LogP contribution >= 0.6 is 0 Å². The molecule has 0 aromatic carbocycles. The van der Waals surface area contributed by atoms with Crippen LogP contribution in [0.3, 0.4) is 0 Å². The first-order valence-electron chi connectivity index (χ1n) is 6.89. The summed E-state index contributed by atoms with van der Waals surface area (Å²) in [5, 5.41) is 3.61. The number of nitrogens with zero attached hydrogens (tertiary/aromatic N) is 1. The molecule has 1 heterocycles. The summed E-state index contributed by atoms with van der Waals surface area (Å²) >= 11 is 0. The van der Waals surface area contributed by atoms with Gasteiger partial charge in [0.05, 0.1) is 0 Å². The van der Waals surface area contributed by atoms with E-state index in [-0.39, 0.29) is 6.09 Å². The van der Waals surface area contributed by atoms with Gasteiger partial charge in [0, 0.05) is 25.2 Å². The third kappa shape index (κ3) is 3.37. The lowest BCUT2D eigenvalue weighted by molar-refractivity contribution is -0.000886. The number of likely N-dealkylation sites (tertiary alicyclic amines) is 1. The molecular formula is C14H26N2O2. The second-order valence-corrected chi connectivity index (χ2v) is 7.52. The highest BCUT2D eigenvalue weighted by molar-refractivity contribution is 5.69. The van der Waals surface area contributed by atoms with E-state index >= 15 is 0 Å². The maximum absolute atomic E-state index is 11.7. The lowest BCUT2D eigenvalue weighted by Gasteiger charge is -2.48. The second-order valence-electron chi connectivity index (χ2n) is 7.52. The largest absolute Gasteiger partial charge is 0.444 e. The Morgan fingerprint density at radius 2 is 1.78 bits per heavy atom. The Hall–Kier alpha value is -0.770. The summed E-state index contributed by atoms with van der Waals surface area (Å²) < 4.78 is 5.33. The summed E-state index contributed by atoms with van der Waals surface area (Å²) in [6.45, 7) is 11.9. The van der Waals surface area contributed by atoms with E-state index in [1.165, 1.54) is 12.8 Å². The lowest BCUT2D eigenvalue weighted by Crippen LogP contribution is -2.64. The summed E-state index contributed by atoms with van der Waals surface area (Å²) in [7, 11) is 0. The molecule has 0 aromatic heterocycles. The number of ether oxygens (including phenoxy) is 1. The van der Waals surface area contributed by atoms with Crippen LogP contribution in [0.5, 0.6) is 0 Å². The molecule has 0 unspecified atom stereocenters. The number of nitrogens with one attached hydrogen (secondary N) is 1. The second kappa shape index (κ2) is 4.41. The molecular weight excluding hydrogens is 228 g/mol. The zero-order valence-corrected chi connectivity index (χ0v) is 12.2. The van der Waals surface area contributed by atoms with Crippen LogP contribution in [0.4, 0.5) is 4.79 Å². The molecule has 104 valence electrons. The minimum absolute atomic E-state index is 0.186. The predicted octanol–water partition coefficient (Wildman–Crippen LogP) is 2.38. The molecule has 4 heteroatoms. The zero-order valence-electron chi connectivity index (χ0n) is 12.2. The Morgan fingerprint density at radius 3 is 2.22 bits per heavy atom. The SMILES string of the molecule is CC1(C)CC(NC2CN(C(=O)OC(C)(C)C)C2)C1. The van der Waals surface area contributed by atoms with E-state index in [1.807, 2.05) is 20.8 Å². The molecule has 0 aromatic rings. The molecule has 1 saturated heterocycles. The number of amides is 1. The van der Waals surface area contributed by atoms with Crippen LogP contribution in [0.25, 0.3) is 0 Å². The van der Waals surface area contributed by atoms with E-state index in [9.17, 15) is 4.79 Å². The first kappa shape index (κ1) is 13.7. The van der Waals surface area contributed by atoms with Crippen molar-refractivity contribution in [2.24, 2.45) is 5.41 Å². The van der Waals surface area contributed by atoms with Gasteiger partial charge in [0.25, 0.3) is 0 Å². The van der Waals surface area contributed by atoms with Gasteiger partial charge in [-0.25, -0.2) is 4.79 Å². The smallest absolute Gasteiger partial charge is 0.410 e. The van der Waals surface area contributed by atoms with Gasteiger partial charge < -0.3 is 15.0 Å². The molecule has 1 amide bonds. The molecule has 0 bridgehead atoms. The molecule has 1 N–H and O–H groups in total. The first-order valence-corrected chi connectivity index (χ1v) is 6.89. The van der Waals surface area contributed by atoms with Crippen molar-refractivity contribution in [2.45, 2.75) is 65.1 Å². The highest BCUT2D eigenvalue weighted by atomic mass is 16.6. The summed E-state index contributed by atoms with van der Waals surface area (Å²) in [6, 6.07) is 1.10. The third-order valence-electron chi connectivity index (χ3n) is 3.60. The Kier molecular flexibility index (Phi) is 3.34. The van der Waals surface area contributed by atoms with E-state index in [0.717, 1.165) is 13.1 Å². The van der Waals surface area contributed by atoms with E-state index in [1.54, 1.807) is 4.90 Å². The van der Waals surface area contributed by atoms with Crippen molar-refractivity contribution in [1.29, 1.82) is 0 Å². The standard InChI is InChI=1S/C14H26N2O2/c1-13(2,3)18-12(17)16-8-11(9-16)15-10-6-14(4,5)7-10/h10-11,15H,6-9H2,1-5H3. The van der Waals surface area contributed by atoms with Crippen molar-refractivity contribution in [2.75, 3.05) is 13.1 Å². The number of hydrogen-bond acceptors (Lipinski definition) is 3. The average Bonchev–Trinajstić information content (AvgIpc) is 2.03. The normalized spacial score (nSPS) is 24.4. The summed E-state index contributed by atoms with van der Waals surface area (Å²) in [6.07, 6.45) is 2.31. The number of carbonyl (C=O) groups excluding carboxylic acids is 1. The van der Waals surface area contributed by atoms with Crippen molar-refractivity contribution in [3.8, 4) is 0 Å². The third-order valence-corrected chi connectivity index (χ3v) is 3.60. The summed E-state index contributed by atoms with van der Waals surface area (Å²) in [5.74, 6) is 0. The molecule has 4 nitrogen and oxygen atoms in total. The van der Waals surface area contributed by atoms with Gasteiger partial charge in [-0.05, 0) is 39.0 Å². The Balaban J connectivity index is 1.64. The van der Waals surface area contributed by atoms with Crippen molar-refractivity contribution in [3.05, 3.63) is 0 Å². The van der Waals surface area contributed by atoms with Gasteiger partial charge in [-0.2, -0.15) is 0 Å². The van der Waals surface area contributed by atoms with Crippen molar-refractivity contribution >= 4 is 6.09 Å². The van der Waals surface area contributed by atoms with Crippen LogP contribution in [-0.2, 0) is 4.74 Å². The van der Waals surface area contributed by atoms with Crippen LogP contribution in [0.2, 0.25) is 0 Å². The molecule has 1 aliphatic heterocycles. The molecule has 2 rings (SSSR count). The molecule has 0 atom stereocenters. The highest BCUT2D eigenvalue weighted by Gasteiger charge is 2.40. The van der Waals surface area contributed by atoms with Crippen LogP contribution in [0.15, 0.2) is 0 Å². The monoisotopic (exact) mass is 254 g/mol. The minimum Gasteiger partial charge on any atom is -0.444 e. The molecule has 0 spiro atoms. The molecule has 1 aliphatic carbocycles. The van der Waals surface area contributed by atoms with Gasteiger partial charge in [0.15, 0.2) is 0 Å². The van der Waals surface area contributed by atoms with Gasteiger partial charge in [-0.1, -0.05) is 13.8 Å². The van der Waals surface area contributed by atoms with Crippen molar-refractivity contribution in [3.63, 3.8) is 0 Å². The van der Waals surface area contributed by atoms with Crippen LogP contribution in [0, 0.1) is 5.41 Å². The quantitative estimate of drug-likeness (QED) is 0.822. The van der Waals surface area contributed by atoms with E-state index in [4.69, 9.17) is 4.74 Å². The van der Waals surface area contributed by atoms with Gasteiger partial charge in [-0.3, -0.25) is 0 Å². The lowest BCUT2D eigenvalue weighted by atomic mass is 9.68. The maximum atomic E-state index is 11.7. The molecule has 2 aliphatic rings. The molecule has 0 radical (unpaired) electrons. The number of carbonyl (C=O) groups is 1. The topological polar surface area (TPSA) is 41.6 Å². The fourth-order valence-corrected chi connectivity index (χ4v) is 2.79. The average molecular weight is 254 g/mol. The van der Waals surface area contributed by atoms with Gasteiger partial charge >= 0.3 is 6.09 Å². The Morgan fingerprint density at radius 1 is 1.22 bits per heavy atom. The summed E-state index contributed by atoms with van der Waals surface area (Å²) in [4.78, 5) is 13.5. The van der Waals surface area contributed by atoms with Gasteiger partial charge in [0.1, 0.15) is 5.60 Å². The van der Waals surface area contributed by atoms with Gasteiger partial charge in [0.2, 0.25) is 0 Å². The predicted molar refractivity (Wildman–Crippen MR) is 71.5 cm³/mol. The van der Waals surface area contributed by atoms with E-state index < -0.39 is 5.60 Å². The highest BCUT2D eigenvalue weighted by Crippen LogP contribution is 2.40. The Bertz CT molecular complexity index is 319. The fourth-order valence-electron chi connectivity index (χ4n) is 2.79. The van der Waals surface area contributed by atoms with Crippen molar-refractivity contribution < 1.29 is 9.53 Å². The van der Waals surface area contributed by atoms with Crippen molar-refractivity contribution in [1.82, 2.24) is 10.2 Å². The van der Waals surface area contributed by atoms with E-state index in [2.05, 4.69) is 19.2 Å².